The van der Waals surface area contributed by atoms with Crippen LogP contribution < -0.4 is 10.6 Å². The molecule has 3 N–H and O–H groups in total. The van der Waals surface area contributed by atoms with Gasteiger partial charge in [-0.1, -0.05) is 25.1 Å². The molecule has 2 rings (SSSR count). The molecule has 2 amide bonds. The van der Waals surface area contributed by atoms with Crippen LogP contribution in [0.5, 0.6) is 5.75 Å². The van der Waals surface area contributed by atoms with Crippen LogP contribution in [-0.2, 0) is 9.53 Å². The molecule has 0 aromatic heterocycles. The minimum atomic E-state index is -0.732. The molecule has 1 aromatic rings. The number of esters is 1. The van der Waals surface area contributed by atoms with Gasteiger partial charge in [0.1, 0.15) is 5.75 Å². The second-order valence-electron chi connectivity index (χ2n) is 4.76. The first kappa shape index (κ1) is 14.9. The maximum Gasteiger partial charge on any atom is 0.338 e. The number of phenolic OH excluding ortho intramolecular Hbond substituents is 1. The number of hydrogen-bond acceptors (Lipinski definition) is 4. The zero-order chi connectivity index (χ0) is 15.4. The summed E-state index contributed by atoms with van der Waals surface area (Å²) in [6.07, 6.45) is 0.707. The van der Waals surface area contributed by atoms with Crippen molar-refractivity contribution in [2.75, 3.05) is 6.61 Å². The number of hydrogen-bond donors (Lipinski definition) is 3. The highest BCUT2D eigenvalue weighted by Gasteiger charge is 2.33. The lowest BCUT2D eigenvalue weighted by Gasteiger charge is -2.28. The fourth-order valence-corrected chi connectivity index (χ4v) is 2.20. The number of carbonyl (C=O) groups excluding carboxylic acids is 2. The van der Waals surface area contributed by atoms with Gasteiger partial charge >= 0.3 is 12.0 Å². The number of benzene rings is 1. The van der Waals surface area contributed by atoms with E-state index in [4.69, 9.17) is 4.74 Å². The molecule has 1 aliphatic heterocycles. The van der Waals surface area contributed by atoms with E-state index in [9.17, 15) is 14.7 Å². The predicted octanol–water partition coefficient (Wildman–Crippen LogP) is 1.97. The van der Waals surface area contributed by atoms with E-state index in [0.717, 1.165) is 0 Å². The fourth-order valence-electron chi connectivity index (χ4n) is 2.20. The standard InChI is InChI=1S/C15H18N2O4/c1-3-8-21-14(19)12-9(2)16-15(20)17-13(12)10-6-4-5-7-11(10)18/h4-7,13,18H,3,8H2,1-2H3,(H2,16,17,20). The van der Waals surface area contributed by atoms with E-state index in [0.29, 0.717) is 29.9 Å². The van der Waals surface area contributed by atoms with Crippen molar-refractivity contribution in [1.29, 1.82) is 0 Å². The molecule has 112 valence electrons. The van der Waals surface area contributed by atoms with Gasteiger partial charge in [0.2, 0.25) is 0 Å². The predicted molar refractivity (Wildman–Crippen MR) is 76.5 cm³/mol. The number of para-hydroxylation sites is 1. The first-order valence-corrected chi connectivity index (χ1v) is 6.78. The van der Waals surface area contributed by atoms with E-state index in [2.05, 4.69) is 10.6 Å². The summed E-state index contributed by atoms with van der Waals surface area (Å²) in [6.45, 7) is 3.83. The second-order valence-corrected chi connectivity index (χ2v) is 4.76. The molecule has 1 unspecified atom stereocenters. The zero-order valence-electron chi connectivity index (χ0n) is 12.0. The third kappa shape index (κ3) is 3.16. The summed E-state index contributed by atoms with van der Waals surface area (Å²) >= 11 is 0. The summed E-state index contributed by atoms with van der Waals surface area (Å²) in [7, 11) is 0. The van der Waals surface area contributed by atoms with E-state index in [1.54, 1.807) is 25.1 Å². The Morgan fingerprint density at radius 2 is 2.10 bits per heavy atom. The maximum atomic E-state index is 12.2. The molecule has 0 spiro atoms. The van der Waals surface area contributed by atoms with Gasteiger partial charge in [-0.3, -0.25) is 0 Å². The van der Waals surface area contributed by atoms with Crippen LogP contribution in [0.25, 0.3) is 0 Å². The second kappa shape index (κ2) is 6.30. The van der Waals surface area contributed by atoms with Crippen molar-refractivity contribution in [3.63, 3.8) is 0 Å². The molecule has 0 radical (unpaired) electrons. The number of amides is 2. The maximum absolute atomic E-state index is 12.2. The minimum Gasteiger partial charge on any atom is -0.508 e. The van der Waals surface area contributed by atoms with E-state index < -0.39 is 18.0 Å². The monoisotopic (exact) mass is 290 g/mol. The first-order chi connectivity index (χ1) is 10.0. The smallest absolute Gasteiger partial charge is 0.338 e. The third-order valence-electron chi connectivity index (χ3n) is 3.17. The van der Waals surface area contributed by atoms with E-state index >= 15 is 0 Å². The number of nitrogens with one attached hydrogen (secondary N) is 2. The Hall–Kier alpha value is -2.50. The highest BCUT2D eigenvalue weighted by atomic mass is 16.5. The number of urea groups is 1. The molecular formula is C15H18N2O4. The van der Waals surface area contributed by atoms with Crippen molar-refractivity contribution in [3.05, 3.63) is 41.1 Å². The summed E-state index contributed by atoms with van der Waals surface area (Å²) in [5, 5.41) is 15.2. The number of allylic oxidation sites excluding steroid dienone is 1. The van der Waals surface area contributed by atoms with Gasteiger partial charge in [-0.2, -0.15) is 0 Å². The zero-order valence-corrected chi connectivity index (χ0v) is 12.0. The number of phenols is 1. The lowest BCUT2D eigenvalue weighted by molar-refractivity contribution is -0.139. The molecule has 21 heavy (non-hydrogen) atoms. The fraction of sp³-hybridized carbons (Fsp3) is 0.333. The lowest BCUT2D eigenvalue weighted by atomic mass is 9.95. The van der Waals surface area contributed by atoms with Crippen LogP contribution in [0.4, 0.5) is 4.79 Å². The Morgan fingerprint density at radius 1 is 1.38 bits per heavy atom. The van der Waals surface area contributed by atoms with Gasteiger partial charge in [0.05, 0.1) is 18.2 Å². The summed E-state index contributed by atoms with van der Waals surface area (Å²) < 4.78 is 5.16. The molecule has 0 fully saturated rings. The van der Waals surface area contributed by atoms with E-state index in [1.165, 1.54) is 6.07 Å². The van der Waals surface area contributed by atoms with Gasteiger partial charge in [-0.05, 0) is 19.4 Å². The summed E-state index contributed by atoms with van der Waals surface area (Å²) in [6, 6.07) is 5.41. The summed E-state index contributed by atoms with van der Waals surface area (Å²) in [4.78, 5) is 23.9. The van der Waals surface area contributed by atoms with Crippen LogP contribution in [0.3, 0.4) is 0 Å². The lowest BCUT2D eigenvalue weighted by Crippen LogP contribution is -2.45. The van der Waals surface area contributed by atoms with Crippen LogP contribution in [0.2, 0.25) is 0 Å². The molecule has 0 saturated heterocycles. The molecule has 6 heteroatoms. The quantitative estimate of drug-likeness (QED) is 0.740. The van der Waals surface area contributed by atoms with Crippen LogP contribution in [0.15, 0.2) is 35.5 Å². The number of ether oxygens (including phenoxy) is 1. The Kier molecular flexibility index (Phi) is 4.47. The van der Waals surface area contributed by atoms with Crippen LogP contribution in [-0.4, -0.2) is 23.7 Å². The van der Waals surface area contributed by atoms with Gasteiger partial charge in [-0.15, -0.1) is 0 Å². The molecule has 1 atom stereocenters. The number of carbonyl (C=O) groups is 2. The van der Waals surface area contributed by atoms with Crippen molar-refractivity contribution in [1.82, 2.24) is 10.6 Å². The SMILES string of the molecule is CCCOC(=O)C1=C(C)NC(=O)NC1c1ccccc1O. The number of aromatic hydroxyl groups is 1. The van der Waals surface area contributed by atoms with Gasteiger partial charge in [0.15, 0.2) is 0 Å². The molecule has 0 saturated carbocycles. The van der Waals surface area contributed by atoms with Gasteiger partial charge < -0.3 is 20.5 Å². The van der Waals surface area contributed by atoms with E-state index in [-0.39, 0.29) is 5.75 Å². The molecule has 0 bridgehead atoms. The molecule has 1 heterocycles. The highest BCUT2D eigenvalue weighted by molar-refractivity contribution is 5.95. The van der Waals surface area contributed by atoms with Crippen molar-refractivity contribution < 1.29 is 19.4 Å². The first-order valence-electron chi connectivity index (χ1n) is 6.78. The Bertz CT molecular complexity index is 595. The van der Waals surface area contributed by atoms with Crippen LogP contribution in [0, 0.1) is 0 Å². The van der Waals surface area contributed by atoms with E-state index in [1.807, 2.05) is 6.92 Å². The Labute approximate surface area is 122 Å². The average Bonchev–Trinajstić information content (AvgIpc) is 2.44. The van der Waals surface area contributed by atoms with Crippen LogP contribution >= 0.6 is 0 Å². The minimum absolute atomic E-state index is 0.0123. The van der Waals surface area contributed by atoms with Crippen molar-refractivity contribution in [3.8, 4) is 5.75 Å². The van der Waals surface area contributed by atoms with Gasteiger partial charge in [0.25, 0.3) is 0 Å². The normalized spacial score (nSPS) is 18.0. The van der Waals surface area contributed by atoms with Crippen molar-refractivity contribution in [2.24, 2.45) is 0 Å². The van der Waals surface area contributed by atoms with Gasteiger partial charge in [-0.25, -0.2) is 9.59 Å². The number of rotatable bonds is 4. The highest BCUT2D eigenvalue weighted by Crippen LogP contribution is 2.32. The van der Waals surface area contributed by atoms with Crippen molar-refractivity contribution >= 4 is 12.0 Å². The topological polar surface area (TPSA) is 87.7 Å². The summed E-state index contributed by atoms with van der Waals surface area (Å²) in [5.41, 5.74) is 1.17. The Balaban J connectivity index is 2.41. The molecule has 1 aliphatic rings. The summed E-state index contributed by atoms with van der Waals surface area (Å²) in [5.74, 6) is -0.492. The average molecular weight is 290 g/mol. The molecular weight excluding hydrogens is 272 g/mol. The molecule has 1 aromatic carbocycles. The van der Waals surface area contributed by atoms with Gasteiger partial charge in [0, 0.05) is 11.3 Å². The largest absolute Gasteiger partial charge is 0.508 e. The van der Waals surface area contributed by atoms with Crippen molar-refractivity contribution in [2.45, 2.75) is 26.3 Å². The Morgan fingerprint density at radius 3 is 2.76 bits per heavy atom. The third-order valence-corrected chi connectivity index (χ3v) is 3.17. The molecule has 6 nitrogen and oxygen atoms in total. The van der Waals surface area contributed by atoms with Crippen LogP contribution in [0.1, 0.15) is 31.9 Å². The molecule has 0 aliphatic carbocycles.